The molecule has 1 aliphatic carbocycles. The molecule has 1 atom stereocenters. The van der Waals surface area contributed by atoms with Crippen molar-refractivity contribution in [2.24, 2.45) is 0 Å². The molecule has 1 fully saturated rings. The summed E-state index contributed by atoms with van der Waals surface area (Å²) >= 11 is 0. The van der Waals surface area contributed by atoms with E-state index >= 15 is 0 Å². The Morgan fingerprint density at radius 1 is 0.902 bits per heavy atom. The molecule has 4 nitrogen and oxygen atoms in total. The molecule has 1 saturated heterocycles. The first-order valence-corrected chi connectivity index (χ1v) is 15.0. The minimum atomic E-state index is -0.154. The number of hydrogen-bond donors (Lipinski definition) is 2. The summed E-state index contributed by atoms with van der Waals surface area (Å²) in [6, 6.07) is 26.3. The number of aromatic nitrogens is 2. The molecule has 0 amide bonds. The summed E-state index contributed by atoms with van der Waals surface area (Å²) in [7, 11) is 4.39. The molecule has 0 saturated carbocycles. The van der Waals surface area contributed by atoms with Crippen LogP contribution in [-0.4, -0.2) is 53.5 Å². The van der Waals surface area contributed by atoms with Crippen LogP contribution in [0.25, 0.3) is 27.4 Å². The van der Waals surface area contributed by atoms with Gasteiger partial charge in [0.1, 0.15) is 5.82 Å². The quantitative estimate of drug-likeness (QED) is 0.225. The molecule has 212 valence electrons. The Balaban J connectivity index is 0.000000283. The third-order valence-electron chi connectivity index (χ3n) is 9.19. The largest absolute Gasteiger partial charge is 0.361 e. The molecule has 5 heteroatoms. The second-order valence-corrected chi connectivity index (χ2v) is 11.8. The summed E-state index contributed by atoms with van der Waals surface area (Å²) in [6.45, 7) is 3.43. The monoisotopic (exact) mass is 548 g/mol. The SMILES string of the molecule is CN(C)C1(c2ccccc2)CC=C(c2[nH]c3ccc(F)cc3c2CCN2CCCC2)CC1.c1ccc2[nH]ccc2c1. The minimum Gasteiger partial charge on any atom is -0.361 e. The summed E-state index contributed by atoms with van der Waals surface area (Å²) < 4.78 is 14.1. The Bertz CT molecular complexity index is 1590. The van der Waals surface area contributed by atoms with Gasteiger partial charge < -0.3 is 14.9 Å². The zero-order valence-corrected chi connectivity index (χ0v) is 24.3. The van der Waals surface area contributed by atoms with Gasteiger partial charge in [-0.1, -0.05) is 54.6 Å². The van der Waals surface area contributed by atoms with E-state index in [4.69, 9.17) is 0 Å². The first-order chi connectivity index (χ1) is 20.0. The highest BCUT2D eigenvalue weighted by molar-refractivity contribution is 5.89. The summed E-state index contributed by atoms with van der Waals surface area (Å²) in [6.07, 6.45) is 11.0. The highest BCUT2D eigenvalue weighted by atomic mass is 19.1. The Labute approximate surface area is 242 Å². The fourth-order valence-corrected chi connectivity index (χ4v) is 6.76. The maximum Gasteiger partial charge on any atom is 0.123 e. The lowest BCUT2D eigenvalue weighted by atomic mass is 9.75. The second-order valence-electron chi connectivity index (χ2n) is 11.8. The van der Waals surface area contributed by atoms with Crippen molar-refractivity contribution in [1.82, 2.24) is 19.8 Å². The van der Waals surface area contributed by atoms with Crippen LogP contribution in [0.15, 0.2) is 91.1 Å². The Morgan fingerprint density at radius 2 is 1.68 bits per heavy atom. The number of para-hydroxylation sites is 1. The number of fused-ring (bicyclic) bond motifs is 2. The van der Waals surface area contributed by atoms with Crippen molar-refractivity contribution in [2.75, 3.05) is 33.7 Å². The first kappa shape index (κ1) is 27.5. The van der Waals surface area contributed by atoms with Gasteiger partial charge in [-0.3, -0.25) is 4.90 Å². The van der Waals surface area contributed by atoms with Crippen molar-refractivity contribution in [3.63, 3.8) is 0 Å². The number of nitrogens with one attached hydrogen (secondary N) is 2. The van der Waals surface area contributed by atoms with Gasteiger partial charge >= 0.3 is 0 Å². The summed E-state index contributed by atoms with van der Waals surface area (Å²) in [4.78, 5) is 11.7. The van der Waals surface area contributed by atoms with E-state index in [-0.39, 0.29) is 11.4 Å². The lowest BCUT2D eigenvalue weighted by Crippen LogP contribution is -2.42. The molecule has 2 N–H and O–H groups in total. The second kappa shape index (κ2) is 12.1. The van der Waals surface area contributed by atoms with E-state index in [2.05, 4.69) is 88.5 Å². The molecular formula is C36H41FN4. The van der Waals surface area contributed by atoms with Gasteiger partial charge in [-0.2, -0.15) is 0 Å². The summed E-state index contributed by atoms with van der Waals surface area (Å²) in [5.74, 6) is -0.154. The van der Waals surface area contributed by atoms with Gasteiger partial charge in [0.05, 0.1) is 0 Å². The lowest BCUT2D eigenvalue weighted by molar-refractivity contribution is 0.138. The minimum absolute atomic E-state index is 0.0264. The van der Waals surface area contributed by atoms with Gasteiger partial charge in [0.25, 0.3) is 0 Å². The van der Waals surface area contributed by atoms with Crippen LogP contribution >= 0.6 is 0 Å². The lowest BCUT2D eigenvalue weighted by Gasteiger charge is -2.43. The van der Waals surface area contributed by atoms with Crippen LogP contribution in [0.2, 0.25) is 0 Å². The number of likely N-dealkylation sites (tertiary alicyclic amines) is 1. The van der Waals surface area contributed by atoms with E-state index in [9.17, 15) is 4.39 Å². The van der Waals surface area contributed by atoms with Crippen molar-refractivity contribution in [1.29, 1.82) is 0 Å². The average molecular weight is 549 g/mol. The zero-order chi connectivity index (χ0) is 28.2. The average Bonchev–Trinajstić information content (AvgIpc) is 3.77. The van der Waals surface area contributed by atoms with Gasteiger partial charge in [-0.25, -0.2) is 4.39 Å². The van der Waals surface area contributed by atoms with Gasteiger partial charge in [0.15, 0.2) is 0 Å². The van der Waals surface area contributed by atoms with E-state index < -0.39 is 0 Å². The van der Waals surface area contributed by atoms with Gasteiger partial charge in [-0.15, -0.1) is 0 Å². The Hall–Kier alpha value is -3.67. The maximum atomic E-state index is 14.1. The van der Waals surface area contributed by atoms with Gasteiger partial charge in [0, 0.05) is 40.4 Å². The Kier molecular flexibility index (Phi) is 8.09. The molecule has 41 heavy (non-hydrogen) atoms. The van der Waals surface area contributed by atoms with E-state index in [1.807, 2.05) is 24.4 Å². The fraction of sp³-hybridized carbons (Fsp3) is 0.333. The number of aromatic amines is 2. The summed E-state index contributed by atoms with van der Waals surface area (Å²) in [5, 5.41) is 2.32. The number of benzene rings is 3. The molecule has 2 aromatic heterocycles. The highest BCUT2D eigenvalue weighted by Crippen LogP contribution is 2.44. The van der Waals surface area contributed by atoms with Crippen molar-refractivity contribution in [3.8, 4) is 0 Å². The molecule has 5 aromatic rings. The smallest absolute Gasteiger partial charge is 0.123 e. The molecule has 1 unspecified atom stereocenters. The number of H-pyrrole nitrogens is 2. The van der Waals surface area contributed by atoms with Crippen LogP contribution in [0, 0.1) is 5.82 Å². The molecule has 0 spiro atoms. The molecular weight excluding hydrogens is 507 g/mol. The fourth-order valence-electron chi connectivity index (χ4n) is 6.76. The molecule has 7 rings (SSSR count). The number of nitrogens with zero attached hydrogens (tertiary/aromatic N) is 2. The van der Waals surface area contributed by atoms with E-state index in [0.717, 1.165) is 43.1 Å². The molecule has 2 aliphatic rings. The maximum absolute atomic E-state index is 14.1. The van der Waals surface area contributed by atoms with E-state index in [1.165, 1.54) is 59.2 Å². The van der Waals surface area contributed by atoms with Crippen molar-refractivity contribution >= 4 is 27.4 Å². The molecule has 3 heterocycles. The molecule has 1 aliphatic heterocycles. The van der Waals surface area contributed by atoms with Crippen molar-refractivity contribution in [3.05, 3.63) is 114 Å². The number of halogens is 1. The molecule has 0 radical (unpaired) electrons. The Morgan fingerprint density at radius 3 is 2.41 bits per heavy atom. The predicted octanol–water partition coefficient (Wildman–Crippen LogP) is 8.14. The van der Waals surface area contributed by atoms with Crippen LogP contribution in [-0.2, 0) is 12.0 Å². The predicted molar refractivity (Wildman–Crippen MR) is 170 cm³/mol. The highest BCUT2D eigenvalue weighted by Gasteiger charge is 2.36. The van der Waals surface area contributed by atoms with Crippen molar-refractivity contribution < 1.29 is 4.39 Å². The van der Waals surface area contributed by atoms with Gasteiger partial charge in [0.2, 0.25) is 0 Å². The molecule has 0 bridgehead atoms. The third kappa shape index (κ3) is 5.74. The molecule has 3 aromatic carbocycles. The topological polar surface area (TPSA) is 38.1 Å². The zero-order valence-electron chi connectivity index (χ0n) is 24.3. The van der Waals surface area contributed by atoms with E-state index in [0.29, 0.717) is 0 Å². The number of rotatable bonds is 6. The van der Waals surface area contributed by atoms with Crippen LogP contribution in [0.1, 0.15) is 48.9 Å². The van der Waals surface area contributed by atoms with Gasteiger partial charge in [-0.05, 0) is 118 Å². The summed E-state index contributed by atoms with van der Waals surface area (Å²) in [5.41, 5.74) is 7.56. The van der Waals surface area contributed by atoms with Crippen LogP contribution in [0.3, 0.4) is 0 Å². The van der Waals surface area contributed by atoms with Crippen LogP contribution in [0.5, 0.6) is 0 Å². The normalized spacial score (nSPS) is 19.5. The van der Waals surface area contributed by atoms with Crippen LogP contribution in [0.4, 0.5) is 4.39 Å². The number of allylic oxidation sites excluding steroid dienone is 1. The third-order valence-corrected chi connectivity index (χ3v) is 9.19. The van der Waals surface area contributed by atoms with E-state index in [1.54, 1.807) is 12.1 Å². The van der Waals surface area contributed by atoms with Crippen molar-refractivity contribution in [2.45, 2.75) is 44.1 Å². The number of hydrogen-bond acceptors (Lipinski definition) is 2. The standard InChI is InChI=1S/C28H34FN3.C8H7N/c1-31(2)28(22-8-4-3-5-9-22)15-12-21(13-16-28)27-24(14-19-32-17-6-7-18-32)25-20-23(29)10-11-26(25)30-27;1-2-4-8-7(3-1)5-6-9-8/h3-5,8-12,20,30H,6-7,13-19H2,1-2H3;1-6,9H. The van der Waals surface area contributed by atoms with Crippen LogP contribution < -0.4 is 0 Å². The first-order valence-electron chi connectivity index (χ1n) is 15.0.